The summed E-state index contributed by atoms with van der Waals surface area (Å²) in [7, 11) is 0. The number of hydrogen-bond donors (Lipinski definition) is 2. The zero-order valence-electron chi connectivity index (χ0n) is 18.1. The van der Waals surface area contributed by atoms with Crippen LogP contribution in [0.2, 0.25) is 0 Å². The van der Waals surface area contributed by atoms with Crippen molar-refractivity contribution in [2.45, 2.75) is 50.9 Å². The molecule has 3 N–H and O–H groups in total. The Bertz CT molecular complexity index is 942. The van der Waals surface area contributed by atoms with E-state index in [1.54, 1.807) is 0 Å². The van der Waals surface area contributed by atoms with E-state index in [0.29, 0.717) is 24.8 Å². The number of primary amides is 1. The summed E-state index contributed by atoms with van der Waals surface area (Å²) in [5.41, 5.74) is 7.79. The van der Waals surface area contributed by atoms with Crippen LogP contribution in [-0.4, -0.2) is 18.4 Å². The number of carbonyl (C=O) groups is 2. The Morgan fingerprint density at radius 1 is 0.935 bits per heavy atom. The van der Waals surface area contributed by atoms with Crippen molar-refractivity contribution in [3.63, 3.8) is 0 Å². The maximum Gasteiger partial charge on any atom is 0.227 e. The van der Waals surface area contributed by atoms with E-state index in [4.69, 9.17) is 5.73 Å². The first-order chi connectivity index (χ1) is 15.0. The Balaban J connectivity index is 1.34. The fraction of sp³-hybridized carbons (Fsp3) is 0.481. The molecule has 2 aromatic carbocycles. The minimum absolute atomic E-state index is 0.0305. The highest BCUT2D eigenvalue weighted by Crippen LogP contribution is 2.64. The number of hydrogen-bond acceptors (Lipinski definition) is 2. The van der Waals surface area contributed by atoms with Gasteiger partial charge in [-0.2, -0.15) is 0 Å². The summed E-state index contributed by atoms with van der Waals surface area (Å²) < 4.78 is 0. The smallest absolute Gasteiger partial charge is 0.227 e. The van der Waals surface area contributed by atoms with Gasteiger partial charge in [0.1, 0.15) is 0 Å². The number of benzene rings is 2. The second-order valence-corrected chi connectivity index (χ2v) is 10.5. The Kier molecular flexibility index (Phi) is 5.11. The van der Waals surface area contributed by atoms with E-state index < -0.39 is 0 Å². The molecule has 0 saturated heterocycles. The third-order valence-corrected chi connectivity index (χ3v) is 8.14. The molecule has 4 saturated carbocycles. The average Bonchev–Trinajstić information content (AvgIpc) is 2.76. The number of nitrogens with two attached hydrogens (primary N) is 1. The van der Waals surface area contributed by atoms with Crippen LogP contribution in [0.4, 0.5) is 0 Å². The number of amides is 2. The fourth-order valence-corrected chi connectivity index (χ4v) is 7.24. The maximum absolute atomic E-state index is 13.5. The molecular formula is C27H32N2O2. The summed E-state index contributed by atoms with van der Waals surface area (Å²) >= 11 is 0. The predicted octanol–water partition coefficient (Wildman–Crippen LogP) is 4.20. The molecule has 31 heavy (non-hydrogen) atoms. The Morgan fingerprint density at radius 2 is 1.55 bits per heavy atom. The number of rotatable bonds is 7. The van der Waals surface area contributed by atoms with Crippen molar-refractivity contribution >= 4 is 11.8 Å². The van der Waals surface area contributed by atoms with E-state index in [9.17, 15) is 9.59 Å². The van der Waals surface area contributed by atoms with Crippen LogP contribution >= 0.6 is 0 Å². The molecule has 4 unspecified atom stereocenters. The van der Waals surface area contributed by atoms with E-state index >= 15 is 0 Å². The van der Waals surface area contributed by atoms with Crippen molar-refractivity contribution in [3.05, 3.63) is 71.8 Å². The number of nitrogens with one attached hydrogen (secondary N) is 1. The minimum atomic E-state index is -0.336. The van der Waals surface area contributed by atoms with E-state index in [-0.39, 0.29) is 28.6 Å². The zero-order chi connectivity index (χ0) is 21.5. The van der Waals surface area contributed by atoms with E-state index in [1.807, 2.05) is 48.5 Å². The molecule has 0 radical (unpaired) electrons. The first kappa shape index (κ1) is 20.3. The molecule has 4 nitrogen and oxygen atoms in total. The average molecular weight is 417 g/mol. The van der Waals surface area contributed by atoms with Gasteiger partial charge in [0, 0.05) is 6.54 Å². The molecule has 4 aliphatic carbocycles. The van der Waals surface area contributed by atoms with Crippen LogP contribution in [0.15, 0.2) is 60.7 Å². The van der Waals surface area contributed by atoms with E-state index in [0.717, 1.165) is 43.2 Å². The molecule has 0 heterocycles. The quantitative estimate of drug-likeness (QED) is 0.710. The Hall–Kier alpha value is -2.62. The predicted molar refractivity (Wildman–Crippen MR) is 121 cm³/mol. The fourth-order valence-electron chi connectivity index (χ4n) is 7.24. The van der Waals surface area contributed by atoms with Crippen molar-refractivity contribution in [2.75, 3.05) is 6.54 Å². The summed E-state index contributed by atoms with van der Waals surface area (Å²) in [5.74, 6) is 0.907. The number of carbonyl (C=O) groups excluding carboxylic acids is 2. The largest absolute Gasteiger partial charge is 0.369 e. The molecule has 5 atom stereocenters. The van der Waals surface area contributed by atoms with Gasteiger partial charge in [-0.05, 0) is 73.3 Å². The van der Waals surface area contributed by atoms with Crippen LogP contribution in [0.1, 0.15) is 55.6 Å². The van der Waals surface area contributed by atoms with E-state index in [2.05, 4.69) is 17.4 Å². The minimum Gasteiger partial charge on any atom is -0.369 e. The van der Waals surface area contributed by atoms with Gasteiger partial charge in [0.15, 0.2) is 0 Å². The lowest BCUT2D eigenvalue weighted by molar-refractivity contribution is -0.154. The third kappa shape index (κ3) is 3.88. The zero-order valence-corrected chi connectivity index (χ0v) is 18.1. The Morgan fingerprint density at radius 3 is 2.16 bits per heavy atom. The molecule has 4 fully saturated rings. The van der Waals surface area contributed by atoms with Crippen molar-refractivity contribution < 1.29 is 9.59 Å². The lowest BCUT2D eigenvalue weighted by Gasteiger charge is -2.61. The molecule has 162 valence electrons. The SMILES string of the molecule is NC(=O)C12CC3C[C@H](CC(CNC(=O)C(Cc4ccccc4)c4ccccc4)(C3)C1)C2. The highest BCUT2D eigenvalue weighted by atomic mass is 16.2. The van der Waals surface area contributed by atoms with Crippen molar-refractivity contribution in [1.82, 2.24) is 5.32 Å². The van der Waals surface area contributed by atoms with Crippen molar-refractivity contribution in [2.24, 2.45) is 28.4 Å². The second-order valence-electron chi connectivity index (χ2n) is 10.5. The molecule has 2 amide bonds. The summed E-state index contributed by atoms with van der Waals surface area (Å²) in [4.78, 5) is 25.8. The van der Waals surface area contributed by atoms with E-state index in [1.165, 1.54) is 6.42 Å². The first-order valence-corrected chi connectivity index (χ1v) is 11.6. The molecule has 4 heteroatoms. The monoisotopic (exact) mass is 416 g/mol. The molecule has 4 aliphatic rings. The lowest BCUT2D eigenvalue weighted by atomic mass is 9.44. The highest BCUT2D eigenvalue weighted by molar-refractivity contribution is 5.84. The molecule has 0 aromatic heterocycles. The van der Waals surface area contributed by atoms with Gasteiger partial charge >= 0.3 is 0 Å². The van der Waals surface area contributed by atoms with Crippen LogP contribution in [0.3, 0.4) is 0 Å². The van der Waals surface area contributed by atoms with Crippen LogP contribution < -0.4 is 11.1 Å². The normalized spacial score (nSPS) is 31.9. The van der Waals surface area contributed by atoms with Crippen LogP contribution in [0, 0.1) is 22.7 Å². The first-order valence-electron chi connectivity index (χ1n) is 11.6. The topological polar surface area (TPSA) is 72.2 Å². The standard InChI is InChI=1S/C27H32N2O2/c28-25(31)27-15-20-11-21(16-27)14-26(13-20,17-27)18-29-24(30)23(22-9-5-2-6-10-22)12-19-7-3-1-4-8-19/h1-10,20-21,23H,11-18H2,(H2,28,31)(H,29,30)/t20-,21?,23?,26?,27?/m1/s1. The van der Waals surface area contributed by atoms with Gasteiger partial charge in [0.2, 0.25) is 11.8 Å². The molecule has 2 aromatic rings. The molecule has 6 rings (SSSR count). The van der Waals surface area contributed by atoms with Crippen molar-refractivity contribution in [3.8, 4) is 0 Å². The molecule has 0 spiro atoms. The summed E-state index contributed by atoms with van der Waals surface area (Å²) in [5, 5.41) is 3.32. The highest BCUT2D eigenvalue weighted by Gasteiger charge is 2.59. The van der Waals surface area contributed by atoms with Gasteiger partial charge in [-0.15, -0.1) is 0 Å². The van der Waals surface area contributed by atoms with Crippen LogP contribution in [0.5, 0.6) is 0 Å². The van der Waals surface area contributed by atoms with Gasteiger partial charge in [-0.1, -0.05) is 60.7 Å². The molecular weight excluding hydrogens is 384 g/mol. The molecule has 0 aliphatic heterocycles. The maximum atomic E-state index is 13.5. The summed E-state index contributed by atoms with van der Waals surface area (Å²) in [6, 6.07) is 20.3. The van der Waals surface area contributed by atoms with Crippen LogP contribution in [0.25, 0.3) is 0 Å². The van der Waals surface area contributed by atoms with Crippen LogP contribution in [-0.2, 0) is 16.0 Å². The van der Waals surface area contributed by atoms with Gasteiger partial charge < -0.3 is 11.1 Å². The van der Waals surface area contributed by atoms with Gasteiger partial charge in [-0.3, -0.25) is 9.59 Å². The Labute approximate surface area is 184 Å². The summed E-state index contributed by atoms with van der Waals surface area (Å²) in [6.45, 7) is 0.659. The lowest BCUT2D eigenvalue weighted by Crippen LogP contribution is -2.59. The summed E-state index contributed by atoms with van der Waals surface area (Å²) in [6.07, 6.45) is 6.90. The third-order valence-electron chi connectivity index (χ3n) is 8.14. The van der Waals surface area contributed by atoms with Gasteiger partial charge in [0.05, 0.1) is 11.3 Å². The van der Waals surface area contributed by atoms with Crippen molar-refractivity contribution in [1.29, 1.82) is 0 Å². The van der Waals surface area contributed by atoms with Gasteiger partial charge in [-0.25, -0.2) is 0 Å². The molecule has 4 bridgehead atoms. The second kappa shape index (κ2) is 7.81. The van der Waals surface area contributed by atoms with Gasteiger partial charge in [0.25, 0.3) is 0 Å².